The van der Waals surface area contributed by atoms with Crippen LogP contribution in [0.4, 0.5) is 0 Å². The number of Topliss-reactive ketones (excluding diaryl/α,β-unsaturated/α-hetero) is 1. The van der Waals surface area contributed by atoms with Crippen LogP contribution in [0.15, 0.2) is 12.2 Å². The lowest BCUT2D eigenvalue weighted by molar-refractivity contribution is -0.161. The number of esters is 2. The van der Waals surface area contributed by atoms with E-state index in [0.29, 0.717) is 25.7 Å². The molecule has 0 radical (unpaired) electrons. The zero-order chi connectivity index (χ0) is 34.0. The minimum atomic E-state index is -0.916. The molecule has 0 saturated heterocycles. The molecular weight excluding hydrogens is 588 g/mol. The lowest BCUT2D eigenvalue weighted by Gasteiger charge is -2.20. The summed E-state index contributed by atoms with van der Waals surface area (Å²) in [5.41, 5.74) is 0. The number of ketones is 1. The Hall–Kier alpha value is -1.81. The monoisotopic (exact) mass is 654 g/mol. The van der Waals surface area contributed by atoms with Gasteiger partial charge in [-0.15, -0.1) is 0 Å². The van der Waals surface area contributed by atoms with Crippen LogP contribution in [-0.2, 0) is 23.9 Å². The summed E-state index contributed by atoms with van der Waals surface area (Å²) in [5, 5.41) is 40.6. The van der Waals surface area contributed by atoms with Crippen LogP contribution in [-0.4, -0.2) is 75.8 Å². The highest BCUT2D eigenvalue weighted by molar-refractivity contribution is 5.79. The van der Waals surface area contributed by atoms with Gasteiger partial charge >= 0.3 is 11.9 Å². The second-order valence-electron chi connectivity index (χ2n) is 13.3. The maximum atomic E-state index is 12.7. The van der Waals surface area contributed by atoms with Crippen molar-refractivity contribution in [1.29, 1.82) is 0 Å². The highest BCUT2D eigenvalue weighted by Gasteiger charge is 2.41. The van der Waals surface area contributed by atoms with Gasteiger partial charge in [0, 0.05) is 43.9 Å². The normalized spacial score (nSPS) is 21.0. The number of rotatable bonds is 29. The molecule has 4 N–H and O–H groups in total. The molecule has 0 unspecified atom stereocenters. The average molecular weight is 655 g/mol. The molecule has 0 aromatic heterocycles. The van der Waals surface area contributed by atoms with Gasteiger partial charge in [0.05, 0.1) is 24.9 Å². The molecule has 1 aliphatic carbocycles. The highest BCUT2D eigenvalue weighted by atomic mass is 16.6. The second-order valence-corrected chi connectivity index (χ2v) is 13.3. The second kappa shape index (κ2) is 27.2. The van der Waals surface area contributed by atoms with Crippen molar-refractivity contribution < 1.29 is 44.3 Å². The molecule has 0 bridgehead atoms. The lowest BCUT2D eigenvalue weighted by atomic mass is 9.87. The Morgan fingerprint density at radius 2 is 1.28 bits per heavy atom. The predicted octanol–water partition coefficient (Wildman–Crippen LogP) is 6.51. The van der Waals surface area contributed by atoms with Crippen LogP contribution >= 0.6 is 0 Å². The van der Waals surface area contributed by atoms with Gasteiger partial charge in [0.1, 0.15) is 12.4 Å². The zero-order valence-electron chi connectivity index (χ0n) is 28.9. The molecule has 0 aromatic carbocycles. The summed E-state index contributed by atoms with van der Waals surface area (Å²) in [6.07, 6.45) is 19.0. The molecule has 0 spiro atoms. The molecular formula is C37H66O9. The summed E-state index contributed by atoms with van der Waals surface area (Å²) in [6.45, 7) is 3.70. The summed E-state index contributed by atoms with van der Waals surface area (Å²) in [6, 6.07) is 0. The van der Waals surface area contributed by atoms with Gasteiger partial charge in [-0.2, -0.15) is 0 Å². The molecule has 1 saturated carbocycles. The van der Waals surface area contributed by atoms with Gasteiger partial charge in [-0.05, 0) is 25.7 Å². The smallest absolute Gasteiger partial charge is 0.306 e. The topological polar surface area (TPSA) is 151 Å². The van der Waals surface area contributed by atoms with Crippen LogP contribution in [0.3, 0.4) is 0 Å². The fraction of sp³-hybridized carbons (Fsp3) is 0.865. The first kappa shape index (κ1) is 42.2. The number of aliphatic hydroxyl groups excluding tert-OH is 4. The maximum absolute atomic E-state index is 12.7. The molecule has 268 valence electrons. The number of unbranched alkanes of at least 4 members (excludes halogenated alkanes) is 13. The molecule has 0 heterocycles. The Bertz CT molecular complexity index is 830. The van der Waals surface area contributed by atoms with Gasteiger partial charge in [-0.25, -0.2) is 0 Å². The largest absolute Gasteiger partial charge is 0.462 e. The van der Waals surface area contributed by atoms with Crippen LogP contribution in [0.2, 0.25) is 0 Å². The van der Waals surface area contributed by atoms with E-state index in [2.05, 4.69) is 13.8 Å². The van der Waals surface area contributed by atoms with E-state index < -0.39 is 42.9 Å². The van der Waals surface area contributed by atoms with Gasteiger partial charge in [0.15, 0.2) is 6.10 Å². The van der Waals surface area contributed by atoms with Crippen LogP contribution in [0, 0.1) is 11.8 Å². The quantitative estimate of drug-likeness (QED) is 0.0402. The van der Waals surface area contributed by atoms with Crippen molar-refractivity contribution in [3.8, 4) is 0 Å². The highest BCUT2D eigenvalue weighted by Crippen LogP contribution is 2.36. The SMILES string of the molecule is CCCCCCCCCCCCCC(=O)OC[C@H](CO)OC(=O)CCCCC(=O)C[C@@H]1[C@@H](/C=C/[C@@H](O)CCCCC)[C@H](O)C[C@@H]1O. The number of hydrogen-bond donors (Lipinski definition) is 4. The van der Waals surface area contributed by atoms with Crippen molar-refractivity contribution in [2.45, 2.75) is 180 Å². The van der Waals surface area contributed by atoms with Gasteiger partial charge in [0.25, 0.3) is 0 Å². The first-order valence-corrected chi connectivity index (χ1v) is 18.4. The van der Waals surface area contributed by atoms with E-state index in [4.69, 9.17) is 9.47 Å². The number of hydrogen-bond acceptors (Lipinski definition) is 9. The molecule has 1 fully saturated rings. The van der Waals surface area contributed by atoms with Gasteiger partial charge in [0.2, 0.25) is 0 Å². The Labute approximate surface area is 278 Å². The Kier molecular flexibility index (Phi) is 24.9. The fourth-order valence-electron chi connectivity index (χ4n) is 6.14. The van der Waals surface area contributed by atoms with E-state index in [1.54, 1.807) is 12.2 Å². The van der Waals surface area contributed by atoms with Crippen molar-refractivity contribution in [2.75, 3.05) is 13.2 Å². The first-order valence-electron chi connectivity index (χ1n) is 18.4. The van der Waals surface area contributed by atoms with E-state index in [0.717, 1.165) is 38.5 Å². The van der Waals surface area contributed by atoms with Gasteiger partial charge in [-0.1, -0.05) is 109 Å². The Morgan fingerprint density at radius 3 is 1.91 bits per heavy atom. The summed E-state index contributed by atoms with van der Waals surface area (Å²) in [4.78, 5) is 37.0. The van der Waals surface area contributed by atoms with E-state index in [1.165, 1.54) is 51.4 Å². The summed E-state index contributed by atoms with van der Waals surface area (Å²) in [5.74, 6) is -1.73. The van der Waals surface area contributed by atoms with Crippen molar-refractivity contribution in [3.05, 3.63) is 12.2 Å². The Balaban J connectivity index is 2.20. The van der Waals surface area contributed by atoms with Crippen LogP contribution in [0.5, 0.6) is 0 Å². The average Bonchev–Trinajstić information content (AvgIpc) is 3.29. The standard InChI is InChI=1S/C37H66O9/c1-3-5-7-8-9-10-11-12-13-14-16-21-36(43)45-28-31(27-38)46-37(44)22-18-17-20-30(40)25-33-32(34(41)26-35(33)42)24-23-29(39)19-15-6-4-2/h23-24,29,31-35,38-39,41-42H,3-22,25-28H2,1-2H3/b24-23+/t29-,31-,32+,33+,34+,35-/m0/s1. The maximum Gasteiger partial charge on any atom is 0.306 e. The van der Waals surface area contributed by atoms with Crippen molar-refractivity contribution in [1.82, 2.24) is 0 Å². The molecule has 9 heteroatoms. The third kappa shape index (κ3) is 20.4. The van der Waals surface area contributed by atoms with Gasteiger partial charge in [-0.3, -0.25) is 14.4 Å². The lowest BCUT2D eigenvalue weighted by Crippen LogP contribution is -2.28. The molecule has 0 aromatic rings. The number of carbonyl (C=O) groups excluding carboxylic acids is 3. The fourth-order valence-corrected chi connectivity index (χ4v) is 6.14. The van der Waals surface area contributed by atoms with E-state index in [9.17, 15) is 34.8 Å². The molecule has 46 heavy (non-hydrogen) atoms. The number of ether oxygens (including phenoxy) is 2. The molecule has 6 atom stereocenters. The number of aliphatic hydroxyl groups is 4. The minimum Gasteiger partial charge on any atom is -0.462 e. The molecule has 1 aliphatic rings. The minimum absolute atomic E-state index is 0.0497. The molecule has 1 rings (SSSR count). The summed E-state index contributed by atoms with van der Waals surface area (Å²) >= 11 is 0. The number of carbonyl (C=O) groups is 3. The third-order valence-electron chi connectivity index (χ3n) is 9.04. The zero-order valence-corrected chi connectivity index (χ0v) is 28.9. The van der Waals surface area contributed by atoms with Gasteiger partial charge < -0.3 is 29.9 Å². The van der Waals surface area contributed by atoms with E-state index >= 15 is 0 Å². The Morgan fingerprint density at radius 1 is 0.739 bits per heavy atom. The van der Waals surface area contributed by atoms with Crippen molar-refractivity contribution in [2.24, 2.45) is 11.8 Å². The van der Waals surface area contributed by atoms with Crippen molar-refractivity contribution >= 4 is 17.7 Å². The van der Waals surface area contributed by atoms with E-state index in [-0.39, 0.29) is 50.0 Å². The third-order valence-corrected chi connectivity index (χ3v) is 9.04. The summed E-state index contributed by atoms with van der Waals surface area (Å²) < 4.78 is 10.5. The van der Waals surface area contributed by atoms with E-state index in [1.807, 2.05) is 0 Å². The van der Waals surface area contributed by atoms with Crippen molar-refractivity contribution in [3.63, 3.8) is 0 Å². The first-order chi connectivity index (χ1) is 22.2. The molecule has 0 amide bonds. The predicted molar refractivity (Wildman–Crippen MR) is 180 cm³/mol. The molecule has 0 aliphatic heterocycles. The van der Waals surface area contributed by atoms with Crippen LogP contribution < -0.4 is 0 Å². The van der Waals surface area contributed by atoms with Crippen LogP contribution in [0.25, 0.3) is 0 Å². The van der Waals surface area contributed by atoms with Crippen LogP contribution in [0.1, 0.15) is 155 Å². The summed E-state index contributed by atoms with van der Waals surface area (Å²) in [7, 11) is 0. The molecule has 9 nitrogen and oxygen atoms in total.